The molecular formula is C18H19ClN2O4S2. The number of rotatable bonds is 6. The molecule has 0 unspecified atom stereocenters. The first kappa shape index (κ1) is 19.9. The van der Waals surface area contributed by atoms with Gasteiger partial charge in [0.25, 0.3) is 10.0 Å². The van der Waals surface area contributed by atoms with Crippen molar-refractivity contribution >= 4 is 43.4 Å². The molecule has 0 atom stereocenters. The third kappa shape index (κ3) is 5.10. The number of nitrogens with zero attached hydrogens (tertiary/aromatic N) is 1. The minimum absolute atomic E-state index is 0.0753. The maximum Gasteiger partial charge on any atom is 0.255 e. The smallest absolute Gasteiger partial charge is 0.255 e. The van der Waals surface area contributed by atoms with Gasteiger partial charge in [-0.25, -0.2) is 16.8 Å². The van der Waals surface area contributed by atoms with Gasteiger partial charge in [-0.2, -0.15) is 4.31 Å². The van der Waals surface area contributed by atoms with Crippen LogP contribution in [0.2, 0.25) is 5.02 Å². The van der Waals surface area contributed by atoms with Gasteiger partial charge < -0.3 is 0 Å². The second kappa shape index (κ2) is 8.02. The molecule has 1 aliphatic rings. The first-order valence-corrected chi connectivity index (χ1v) is 11.7. The molecule has 0 aromatic heterocycles. The zero-order valence-corrected chi connectivity index (χ0v) is 16.8. The van der Waals surface area contributed by atoms with Gasteiger partial charge in [-0.15, -0.1) is 0 Å². The van der Waals surface area contributed by atoms with E-state index in [2.05, 4.69) is 4.72 Å². The summed E-state index contributed by atoms with van der Waals surface area (Å²) in [6.45, 7) is 0.976. The van der Waals surface area contributed by atoms with E-state index >= 15 is 0 Å². The lowest BCUT2D eigenvalue weighted by molar-refractivity contribution is 0.477. The molecular weight excluding hydrogens is 408 g/mol. The maximum absolute atomic E-state index is 12.6. The molecule has 1 aliphatic heterocycles. The molecule has 0 aliphatic carbocycles. The second-order valence-corrected chi connectivity index (χ2v) is 10.1. The fourth-order valence-electron chi connectivity index (χ4n) is 2.74. The molecule has 144 valence electrons. The van der Waals surface area contributed by atoms with Crippen LogP contribution in [0, 0.1) is 0 Å². The molecule has 0 saturated carbocycles. The van der Waals surface area contributed by atoms with Crippen LogP contribution in [0.4, 0.5) is 5.69 Å². The number of anilines is 1. The van der Waals surface area contributed by atoms with Crippen molar-refractivity contribution in [2.24, 2.45) is 0 Å². The van der Waals surface area contributed by atoms with Crippen LogP contribution in [0.1, 0.15) is 18.4 Å². The van der Waals surface area contributed by atoms with Gasteiger partial charge in [-0.3, -0.25) is 4.72 Å². The Morgan fingerprint density at radius 3 is 2.30 bits per heavy atom. The first-order chi connectivity index (χ1) is 12.8. The van der Waals surface area contributed by atoms with Gasteiger partial charge in [0.2, 0.25) is 10.0 Å². The average molecular weight is 427 g/mol. The summed E-state index contributed by atoms with van der Waals surface area (Å²) in [6.07, 6.45) is 3.10. The largest absolute Gasteiger partial charge is 0.280 e. The molecule has 1 heterocycles. The normalized spacial score (nSPS) is 16.0. The number of sulfonamides is 2. The van der Waals surface area contributed by atoms with Crippen LogP contribution < -0.4 is 4.72 Å². The summed E-state index contributed by atoms with van der Waals surface area (Å²) in [5.41, 5.74) is 0.867. The Labute approximate surface area is 164 Å². The second-order valence-electron chi connectivity index (χ2n) is 6.14. The van der Waals surface area contributed by atoms with Crippen molar-refractivity contribution in [3.05, 3.63) is 64.5 Å². The fraction of sp³-hybridized carbons (Fsp3) is 0.222. The summed E-state index contributed by atoms with van der Waals surface area (Å²) in [6, 6.07) is 12.5. The molecule has 3 rings (SSSR count). The Bertz CT molecular complexity index is 1040. The summed E-state index contributed by atoms with van der Waals surface area (Å²) in [5, 5.41) is 1.59. The van der Waals surface area contributed by atoms with E-state index in [-0.39, 0.29) is 10.6 Å². The molecule has 0 radical (unpaired) electrons. The Balaban J connectivity index is 1.78. The van der Waals surface area contributed by atoms with Gasteiger partial charge in [0.15, 0.2) is 0 Å². The van der Waals surface area contributed by atoms with Crippen molar-refractivity contribution in [1.29, 1.82) is 0 Å². The Kier molecular flexibility index (Phi) is 5.90. The zero-order chi connectivity index (χ0) is 19.5. The molecule has 6 nitrogen and oxygen atoms in total. The molecule has 0 bridgehead atoms. The van der Waals surface area contributed by atoms with Gasteiger partial charge >= 0.3 is 0 Å². The predicted molar refractivity (Wildman–Crippen MR) is 107 cm³/mol. The van der Waals surface area contributed by atoms with Gasteiger partial charge in [0.05, 0.1) is 16.0 Å². The summed E-state index contributed by atoms with van der Waals surface area (Å²) < 4.78 is 53.6. The minimum Gasteiger partial charge on any atom is -0.280 e. The number of hydrogen-bond donors (Lipinski definition) is 1. The summed E-state index contributed by atoms with van der Waals surface area (Å²) >= 11 is 5.80. The van der Waals surface area contributed by atoms with E-state index in [4.69, 9.17) is 11.6 Å². The SMILES string of the molecule is O=S(=O)(/C=C/c1ccc(Cl)cc1)Nc1cccc(S(=O)(=O)N2CCCC2)c1. The highest BCUT2D eigenvalue weighted by Crippen LogP contribution is 2.23. The van der Waals surface area contributed by atoms with Crippen LogP contribution in [0.3, 0.4) is 0 Å². The van der Waals surface area contributed by atoms with Crippen LogP contribution in [0.25, 0.3) is 6.08 Å². The molecule has 1 N–H and O–H groups in total. The molecule has 9 heteroatoms. The van der Waals surface area contributed by atoms with Crippen molar-refractivity contribution < 1.29 is 16.8 Å². The van der Waals surface area contributed by atoms with E-state index in [1.807, 2.05) is 0 Å². The first-order valence-electron chi connectivity index (χ1n) is 8.33. The highest BCUT2D eigenvalue weighted by atomic mass is 35.5. The molecule has 0 amide bonds. The molecule has 2 aromatic carbocycles. The number of halogens is 1. The van der Waals surface area contributed by atoms with Gasteiger partial charge in [0.1, 0.15) is 0 Å². The molecule has 1 saturated heterocycles. The summed E-state index contributed by atoms with van der Waals surface area (Å²) in [7, 11) is -7.40. The van der Waals surface area contributed by atoms with Crippen LogP contribution in [0.15, 0.2) is 58.8 Å². The van der Waals surface area contributed by atoms with Crippen molar-refractivity contribution in [3.63, 3.8) is 0 Å². The quantitative estimate of drug-likeness (QED) is 0.765. The number of nitrogens with one attached hydrogen (secondary N) is 1. The van der Waals surface area contributed by atoms with Crippen LogP contribution in [-0.4, -0.2) is 34.2 Å². The maximum atomic E-state index is 12.6. The lowest BCUT2D eigenvalue weighted by Crippen LogP contribution is -2.27. The molecule has 2 aromatic rings. The van der Waals surface area contributed by atoms with Gasteiger partial charge in [-0.05, 0) is 54.8 Å². The number of benzene rings is 2. The van der Waals surface area contributed by atoms with Crippen molar-refractivity contribution in [2.75, 3.05) is 17.8 Å². The highest BCUT2D eigenvalue weighted by Gasteiger charge is 2.27. The Morgan fingerprint density at radius 1 is 0.963 bits per heavy atom. The van der Waals surface area contributed by atoms with Crippen molar-refractivity contribution in [2.45, 2.75) is 17.7 Å². The monoisotopic (exact) mass is 426 g/mol. The van der Waals surface area contributed by atoms with Crippen LogP contribution in [0.5, 0.6) is 0 Å². The van der Waals surface area contributed by atoms with E-state index in [0.717, 1.165) is 18.2 Å². The summed E-state index contributed by atoms with van der Waals surface area (Å²) in [5.74, 6) is 0. The van der Waals surface area contributed by atoms with Crippen LogP contribution >= 0.6 is 11.6 Å². The van der Waals surface area contributed by atoms with Crippen molar-refractivity contribution in [3.8, 4) is 0 Å². The molecule has 0 spiro atoms. The molecule has 1 fully saturated rings. The highest BCUT2D eigenvalue weighted by molar-refractivity contribution is 7.95. The Hall–Kier alpha value is -1.87. The van der Waals surface area contributed by atoms with E-state index in [0.29, 0.717) is 23.7 Å². The van der Waals surface area contributed by atoms with Crippen molar-refractivity contribution in [1.82, 2.24) is 4.31 Å². The lowest BCUT2D eigenvalue weighted by Gasteiger charge is -2.16. The predicted octanol–water partition coefficient (Wildman–Crippen LogP) is 3.54. The standard InChI is InChI=1S/C18H19ClN2O4S2/c19-16-8-6-15(7-9-16)10-13-26(22,23)20-17-4-3-5-18(14-17)27(24,25)21-11-1-2-12-21/h3-10,13-14,20H,1-2,11-12H2/b13-10+. The van der Waals surface area contributed by atoms with E-state index < -0.39 is 20.0 Å². The Morgan fingerprint density at radius 2 is 1.63 bits per heavy atom. The zero-order valence-electron chi connectivity index (χ0n) is 14.4. The average Bonchev–Trinajstić information content (AvgIpc) is 3.17. The van der Waals surface area contributed by atoms with E-state index in [1.54, 1.807) is 24.3 Å². The minimum atomic E-state index is -3.80. The lowest BCUT2D eigenvalue weighted by atomic mass is 10.2. The fourth-order valence-corrected chi connectivity index (χ4v) is 5.29. The topological polar surface area (TPSA) is 83.5 Å². The van der Waals surface area contributed by atoms with E-state index in [1.165, 1.54) is 34.6 Å². The van der Waals surface area contributed by atoms with Gasteiger partial charge in [0, 0.05) is 18.1 Å². The summed E-state index contributed by atoms with van der Waals surface area (Å²) in [4.78, 5) is 0.0753. The number of hydrogen-bond acceptors (Lipinski definition) is 4. The van der Waals surface area contributed by atoms with E-state index in [9.17, 15) is 16.8 Å². The van der Waals surface area contributed by atoms with Crippen LogP contribution in [-0.2, 0) is 20.0 Å². The molecule has 27 heavy (non-hydrogen) atoms. The third-order valence-corrected chi connectivity index (χ3v) is 7.27. The van der Waals surface area contributed by atoms with Gasteiger partial charge in [-0.1, -0.05) is 29.8 Å². The third-order valence-electron chi connectivity index (χ3n) is 4.11.